The minimum absolute atomic E-state index is 0.0503. The van der Waals surface area contributed by atoms with Crippen molar-refractivity contribution in [1.29, 1.82) is 0 Å². The van der Waals surface area contributed by atoms with Gasteiger partial charge in [0.1, 0.15) is 0 Å². The maximum atomic E-state index is 13.5. The van der Waals surface area contributed by atoms with Gasteiger partial charge in [-0.3, -0.25) is 4.79 Å². The van der Waals surface area contributed by atoms with Gasteiger partial charge in [0.15, 0.2) is 0 Å². The summed E-state index contributed by atoms with van der Waals surface area (Å²) in [7, 11) is 0. The van der Waals surface area contributed by atoms with E-state index in [-0.39, 0.29) is 11.6 Å². The predicted octanol–water partition coefficient (Wildman–Crippen LogP) is 7.04. The number of hydrogen-bond donors (Lipinski definition) is 2. The third-order valence-electron chi connectivity index (χ3n) is 7.67. The van der Waals surface area contributed by atoms with E-state index < -0.39 is 17.8 Å². The Balaban J connectivity index is 1.28. The molecule has 0 bridgehead atoms. The number of likely N-dealkylation sites (tertiary alicyclic amines) is 1. The number of urea groups is 1. The number of alkyl halides is 3. The van der Waals surface area contributed by atoms with Crippen molar-refractivity contribution in [3.63, 3.8) is 0 Å². The first-order valence-corrected chi connectivity index (χ1v) is 13.7. The third kappa shape index (κ3) is 6.76. The van der Waals surface area contributed by atoms with Gasteiger partial charge in [-0.2, -0.15) is 13.2 Å². The number of amides is 3. The van der Waals surface area contributed by atoms with Crippen LogP contribution in [0.1, 0.15) is 47.2 Å². The largest absolute Gasteiger partial charge is 0.416 e. The third-order valence-corrected chi connectivity index (χ3v) is 7.67. The Morgan fingerprint density at radius 3 is 2.08 bits per heavy atom. The lowest BCUT2D eigenvalue weighted by molar-refractivity contribution is -0.137. The highest BCUT2D eigenvalue weighted by atomic mass is 19.4. The first kappa shape index (κ1) is 27.6. The first-order valence-electron chi connectivity index (χ1n) is 13.7. The number of carbonyl (C=O) groups is 2. The monoisotopic (exact) mass is 550 g/mol. The van der Waals surface area contributed by atoms with E-state index in [0.717, 1.165) is 63.0 Å². The lowest BCUT2D eigenvalue weighted by Crippen LogP contribution is -2.36. The summed E-state index contributed by atoms with van der Waals surface area (Å²) in [5.74, 6) is 0.539. The van der Waals surface area contributed by atoms with Gasteiger partial charge in [0.05, 0.1) is 11.1 Å². The van der Waals surface area contributed by atoms with E-state index in [4.69, 9.17) is 0 Å². The second-order valence-corrected chi connectivity index (χ2v) is 10.5. The van der Waals surface area contributed by atoms with Crippen LogP contribution in [0.25, 0.3) is 0 Å². The molecule has 6 nitrogen and oxygen atoms in total. The lowest BCUT2D eigenvalue weighted by atomic mass is 9.89. The summed E-state index contributed by atoms with van der Waals surface area (Å²) in [5, 5.41) is 5.28. The number of carbonyl (C=O) groups excluding carboxylic acids is 2. The molecule has 210 valence electrons. The number of nitrogens with zero attached hydrogens (tertiary/aromatic N) is 2. The average molecular weight is 551 g/mol. The topological polar surface area (TPSA) is 64.7 Å². The quantitative estimate of drug-likeness (QED) is 0.346. The van der Waals surface area contributed by atoms with Crippen LogP contribution in [-0.4, -0.2) is 43.0 Å². The SMILES string of the molecule is O=C(Nc1ccc(C(F)(F)F)cc1)Nc1ccc(N2CCC(Cc3ccccc3)CC2)c(C(=O)N2CCCC2)c1. The molecule has 3 aromatic rings. The van der Waals surface area contributed by atoms with Crippen LogP contribution in [0.2, 0.25) is 0 Å². The summed E-state index contributed by atoms with van der Waals surface area (Å²) in [5.41, 5.74) is 2.64. The fourth-order valence-corrected chi connectivity index (χ4v) is 5.51. The average Bonchev–Trinajstić information content (AvgIpc) is 3.49. The van der Waals surface area contributed by atoms with Crippen LogP contribution in [0.5, 0.6) is 0 Å². The lowest BCUT2D eigenvalue weighted by Gasteiger charge is -2.35. The molecule has 2 aliphatic heterocycles. The molecule has 3 amide bonds. The van der Waals surface area contributed by atoms with Crippen molar-refractivity contribution < 1.29 is 22.8 Å². The van der Waals surface area contributed by atoms with Gasteiger partial charge in [-0.05, 0) is 86.1 Å². The van der Waals surface area contributed by atoms with E-state index in [1.165, 1.54) is 17.7 Å². The summed E-state index contributed by atoms with van der Waals surface area (Å²) in [6.45, 7) is 3.12. The molecule has 9 heteroatoms. The van der Waals surface area contributed by atoms with Gasteiger partial charge < -0.3 is 20.4 Å². The van der Waals surface area contributed by atoms with Gasteiger partial charge >= 0.3 is 12.2 Å². The molecule has 2 aliphatic rings. The number of anilines is 3. The van der Waals surface area contributed by atoms with Crippen LogP contribution < -0.4 is 15.5 Å². The summed E-state index contributed by atoms with van der Waals surface area (Å²) < 4.78 is 38.5. The molecule has 0 radical (unpaired) electrons. The molecule has 0 atom stereocenters. The second kappa shape index (κ2) is 12.0. The molecule has 2 heterocycles. The van der Waals surface area contributed by atoms with Crippen molar-refractivity contribution in [3.8, 4) is 0 Å². The zero-order valence-corrected chi connectivity index (χ0v) is 22.2. The zero-order valence-electron chi connectivity index (χ0n) is 22.2. The molecule has 0 saturated carbocycles. The molecule has 2 fully saturated rings. The number of halogens is 3. The Morgan fingerprint density at radius 2 is 1.43 bits per heavy atom. The smallest absolute Gasteiger partial charge is 0.371 e. The summed E-state index contributed by atoms with van der Waals surface area (Å²) in [6, 6.07) is 19.5. The molecule has 2 N–H and O–H groups in total. The fraction of sp³-hybridized carbons (Fsp3) is 0.355. The van der Waals surface area contributed by atoms with Gasteiger partial charge in [-0.15, -0.1) is 0 Å². The molecule has 0 spiro atoms. The van der Waals surface area contributed by atoms with Gasteiger partial charge in [0.2, 0.25) is 0 Å². The fourth-order valence-electron chi connectivity index (χ4n) is 5.51. The summed E-state index contributed by atoms with van der Waals surface area (Å²) in [4.78, 5) is 30.3. The zero-order chi connectivity index (χ0) is 28.1. The Bertz CT molecular complexity index is 1310. The predicted molar refractivity (Wildman–Crippen MR) is 151 cm³/mol. The number of nitrogens with one attached hydrogen (secondary N) is 2. The molecule has 2 saturated heterocycles. The number of piperidine rings is 1. The highest BCUT2D eigenvalue weighted by molar-refractivity contribution is 6.04. The van der Waals surface area contributed by atoms with Crippen molar-refractivity contribution >= 4 is 29.0 Å². The van der Waals surface area contributed by atoms with Gasteiger partial charge in [-0.1, -0.05) is 30.3 Å². The molecule has 5 rings (SSSR count). The molecular weight excluding hydrogens is 517 g/mol. The van der Waals surface area contributed by atoms with Gasteiger partial charge in [0, 0.05) is 43.2 Å². The van der Waals surface area contributed by atoms with Crippen molar-refractivity contribution in [2.24, 2.45) is 5.92 Å². The van der Waals surface area contributed by atoms with Crippen LogP contribution in [0, 0.1) is 5.92 Å². The Morgan fingerprint density at radius 1 is 0.800 bits per heavy atom. The van der Waals surface area contributed by atoms with Crippen LogP contribution in [-0.2, 0) is 12.6 Å². The first-order chi connectivity index (χ1) is 19.3. The molecule has 3 aromatic carbocycles. The van der Waals surface area contributed by atoms with E-state index in [1.807, 2.05) is 17.0 Å². The normalized spacial score (nSPS) is 16.2. The van der Waals surface area contributed by atoms with E-state index >= 15 is 0 Å². The van der Waals surface area contributed by atoms with E-state index in [1.54, 1.807) is 12.1 Å². The van der Waals surface area contributed by atoms with Gasteiger partial charge in [-0.25, -0.2) is 4.79 Å². The summed E-state index contributed by atoms with van der Waals surface area (Å²) >= 11 is 0. The highest BCUT2D eigenvalue weighted by Gasteiger charge is 2.30. The van der Waals surface area contributed by atoms with E-state index in [0.29, 0.717) is 30.3 Å². The Kier molecular flexibility index (Phi) is 8.28. The van der Waals surface area contributed by atoms with E-state index in [2.05, 4.69) is 39.8 Å². The van der Waals surface area contributed by atoms with Gasteiger partial charge in [0.25, 0.3) is 5.91 Å². The maximum Gasteiger partial charge on any atom is 0.416 e. The summed E-state index contributed by atoms with van der Waals surface area (Å²) in [6.07, 6.45) is 0.603. The van der Waals surface area contributed by atoms with Crippen molar-refractivity contribution in [1.82, 2.24) is 4.90 Å². The Hall–Kier alpha value is -4.01. The number of hydrogen-bond acceptors (Lipinski definition) is 3. The molecule has 40 heavy (non-hydrogen) atoms. The number of benzene rings is 3. The van der Waals surface area contributed by atoms with Crippen molar-refractivity contribution in [3.05, 3.63) is 89.5 Å². The highest BCUT2D eigenvalue weighted by Crippen LogP contribution is 2.32. The standard InChI is InChI=1S/C31H33F3N4O2/c32-31(33,34)24-8-10-25(11-9-24)35-30(40)36-26-12-13-28(27(21-26)29(39)38-16-4-5-17-38)37-18-14-23(15-19-37)20-22-6-2-1-3-7-22/h1-3,6-13,21,23H,4-5,14-20H2,(H2,35,36,40). The van der Waals surface area contributed by atoms with Crippen LogP contribution in [0.15, 0.2) is 72.8 Å². The van der Waals surface area contributed by atoms with Crippen LogP contribution in [0.3, 0.4) is 0 Å². The van der Waals surface area contributed by atoms with Crippen molar-refractivity contribution in [2.45, 2.75) is 38.3 Å². The molecular formula is C31H33F3N4O2. The molecule has 0 unspecified atom stereocenters. The van der Waals surface area contributed by atoms with Crippen LogP contribution >= 0.6 is 0 Å². The minimum Gasteiger partial charge on any atom is -0.371 e. The minimum atomic E-state index is -4.45. The van der Waals surface area contributed by atoms with Crippen molar-refractivity contribution in [2.75, 3.05) is 41.7 Å². The second-order valence-electron chi connectivity index (χ2n) is 10.5. The molecule has 0 aliphatic carbocycles. The van der Waals surface area contributed by atoms with Crippen LogP contribution in [0.4, 0.5) is 35.0 Å². The van der Waals surface area contributed by atoms with E-state index in [9.17, 15) is 22.8 Å². The number of rotatable bonds is 6. The molecule has 0 aromatic heterocycles. The Labute approximate surface area is 232 Å². The maximum absolute atomic E-state index is 13.5.